The smallest absolute Gasteiger partial charge is 0.278 e. The second kappa shape index (κ2) is 7.46. The molecule has 5 nitrogen and oxygen atoms in total. The van der Waals surface area contributed by atoms with Gasteiger partial charge in [0.2, 0.25) is 0 Å². The van der Waals surface area contributed by atoms with Gasteiger partial charge in [-0.3, -0.25) is 9.36 Å². The summed E-state index contributed by atoms with van der Waals surface area (Å²) in [4.78, 5) is 13.1. The van der Waals surface area contributed by atoms with Crippen LogP contribution in [0.3, 0.4) is 0 Å². The van der Waals surface area contributed by atoms with Crippen molar-refractivity contribution in [2.45, 2.75) is 57.7 Å². The lowest BCUT2D eigenvalue weighted by Crippen LogP contribution is -2.37. The largest absolute Gasteiger partial charge is 0.305 e. The van der Waals surface area contributed by atoms with Crippen molar-refractivity contribution < 1.29 is 0 Å². The van der Waals surface area contributed by atoms with Crippen LogP contribution in [-0.4, -0.2) is 20.2 Å². The lowest BCUT2D eigenvalue weighted by Gasteiger charge is -2.24. The van der Waals surface area contributed by atoms with E-state index in [-0.39, 0.29) is 11.6 Å². The summed E-state index contributed by atoms with van der Waals surface area (Å²) in [6, 6.07) is 14.5. The highest BCUT2D eigenvalue weighted by Crippen LogP contribution is 2.23. The monoisotopic (exact) mass is 350 g/mol. The van der Waals surface area contributed by atoms with Gasteiger partial charge in [0, 0.05) is 12.2 Å². The second-order valence-corrected chi connectivity index (χ2v) is 7.18. The maximum Gasteiger partial charge on any atom is 0.278 e. The lowest BCUT2D eigenvalue weighted by atomic mass is 10.1. The Morgan fingerprint density at radius 1 is 1.15 bits per heavy atom. The molecular formula is C21H26N4O. The minimum atomic E-state index is 0.0236. The summed E-state index contributed by atoms with van der Waals surface area (Å²) in [7, 11) is 0. The number of benzene rings is 1. The Hall–Kier alpha value is -2.40. The van der Waals surface area contributed by atoms with Gasteiger partial charge < -0.3 is 5.32 Å². The van der Waals surface area contributed by atoms with Crippen molar-refractivity contribution in [1.29, 1.82) is 0 Å². The van der Waals surface area contributed by atoms with Crippen molar-refractivity contribution in [3.05, 3.63) is 70.4 Å². The zero-order chi connectivity index (χ0) is 17.9. The van der Waals surface area contributed by atoms with E-state index < -0.39 is 0 Å². The second-order valence-electron chi connectivity index (χ2n) is 7.18. The molecule has 1 saturated carbocycles. The van der Waals surface area contributed by atoms with Crippen molar-refractivity contribution in [3.8, 4) is 0 Å². The van der Waals surface area contributed by atoms with E-state index in [2.05, 4.69) is 24.4 Å². The van der Waals surface area contributed by atoms with Crippen molar-refractivity contribution in [2.75, 3.05) is 0 Å². The fourth-order valence-corrected chi connectivity index (χ4v) is 3.96. The first-order chi connectivity index (χ1) is 12.8. The average molecular weight is 350 g/mol. The standard InChI is InChI=1S/C21H26N4O/c1-2-18(22-17-11-6-7-12-17)20-23-25-14-8-13-19(25)21(26)24(20)15-16-9-4-3-5-10-16/h3-5,8-10,13-14,17-18,22H,2,6-7,11-12,15H2,1H3. The van der Waals surface area contributed by atoms with Gasteiger partial charge in [-0.25, -0.2) is 4.52 Å². The molecule has 1 aliphatic carbocycles. The first-order valence-electron chi connectivity index (χ1n) is 9.64. The summed E-state index contributed by atoms with van der Waals surface area (Å²) in [5.41, 5.74) is 1.76. The molecule has 26 heavy (non-hydrogen) atoms. The van der Waals surface area contributed by atoms with Gasteiger partial charge in [-0.15, -0.1) is 0 Å². The molecule has 0 spiro atoms. The number of aromatic nitrogens is 3. The van der Waals surface area contributed by atoms with E-state index in [4.69, 9.17) is 5.10 Å². The molecule has 1 N–H and O–H groups in total. The Labute approximate surface area is 153 Å². The Morgan fingerprint density at radius 2 is 1.92 bits per heavy atom. The van der Waals surface area contributed by atoms with Crippen LogP contribution in [0, 0.1) is 0 Å². The maximum absolute atomic E-state index is 13.1. The molecule has 1 atom stereocenters. The lowest BCUT2D eigenvalue weighted by molar-refractivity contribution is 0.394. The van der Waals surface area contributed by atoms with Crippen molar-refractivity contribution in [1.82, 2.24) is 19.5 Å². The van der Waals surface area contributed by atoms with Crippen LogP contribution in [0.4, 0.5) is 0 Å². The van der Waals surface area contributed by atoms with E-state index >= 15 is 0 Å². The molecule has 1 aliphatic rings. The predicted octanol–water partition coefficient (Wildman–Crippen LogP) is 3.53. The highest BCUT2D eigenvalue weighted by molar-refractivity contribution is 5.44. The summed E-state index contributed by atoms with van der Waals surface area (Å²) >= 11 is 0. The van der Waals surface area contributed by atoms with Gasteiger partial charge in [-0.1, -0.05) is 50.1 Å². The van der Waals surface area contributed by atoms with Gasteiger partial charge in [0.25, 0.3) is 5.56 Å². The zero-order valence-electron chi connectivity index (χ0n) is 15.3. The van der Waals surface area contributed by atoms with E-state index in [0.717, 1.165) is 17.8 Å². The third-order valence-corrected chi connectivity index (χ3v) is 5.37. The van der Waals surface area contributed by atoms with Gasteiger partial charge >= 0.3 is 0 Å². The van der Waals surface area contributed by atoms with Crippen LogP contribution in [-0.2, 0) is 6.54 Å². The van der Waals surface area contributed by atoms with Crippen LogP contribution in [0.15, 0.2) is 53.5 Å². The number of nitrogens with zero attached hydrogens (tertiary/aromatic N) is 3. The predicted molar refractivity (Wildman–Crippen MR) is 103 cm³/mol. The molecule has 1 fully saturated rings. The Balaban J connectivity index is 1.77. The topological polar surface area (TPSA) is 51.3 Å². The van der Waals surface area contributed by atoms with Gasteiger partial charge in [0.1, 0.15) is 11.3 Å². The first kappa shape index (κ1) is 17.0. The first-order valence-corrected chi connectivity index (χ1v) is 9.64. The Kier molecular flexibility index (Phi) is 4.89. The molecule has 3 aromatic rings. The molecule has 5 heteroatoms. The number of rotatable bonds is 6. The van der Waals surface area contributed by atoms with Crippen LogP contribution in [0.25, 0.3) is 5.52 Å². The molecular weight excluding hydrogens is 324 g/mol. The van der Waals surface area contributed by atoms with Gasteiger partial charge in [0.15, 0.2) is 0 Å². The summed E-state index contributed by atoms with van der Waals surface area (Å²) < 4.78 is 3.57. The fraction of sp³-hybridized carbons (Fsp3) is 0.429. The molecule has 0 radical (unpaired) electrons. The number of fused-ring (bicyclic) bond motifs is 1. The van der Waals surface area contributed by atoms with E-state index in [9.17, 15) is 4.79 Å². The molecule has 4 rings (SSSR count). The van der Waals surface area contributed by atoms with Crippen molar-refractivity contribution in [2.24, 2.45) is 0 Å². The molecule has 136 valence electrons. The quantitative estimate of drug-likeness (QED) is 0.740. The number of hydrogen-bond donors (Lipinski definition) is 1. The summed E-state index contributed by atoms with van der Waals surface area (Å²) in [5.74, 6) is 0.831. The van der Waals surface area contributed by atoms with Crippen molar-refractivity contribution >= 4 is 5.52 Å². The number of nitrogens with one attached hydrogen (secondary N) is 1. The maximum atomic E-state index is 13.1. The van der Waals surface area contributed by atoms with Gasteiger partial charge in [0.05, 0.1) is 12.6 Å². The van der Waals surface area contributed by atoms with E-state index in [1.54, 1.807) is 4.52 Å². The molecule has 0 aliphatic heterocycles. The third kappa shape index (κ3) is 3.31. The van der Waals surface area contributed by atoms with Crippen molar-refractivity contribution in [3.63, 3.8) is 0 Å². The molecule has 1 unspecified atom stereocenters. The SMILES string of the molecule is CCC(NC1CCCC1)c1nn2cccc2c(=O)n1Cc1ccccc1. The highest BCUT2D eigenvalue weighted by Gasteiger charge is 2.24. The van der Waals surface area contributed by atoms with Crippen LogP contribution < -0.4 is 10.9 Å². The zero-order valence-corrected chi connectivity index (χ0v) is 15.3. The van der Waals surface area contributed by atoms with Crippen LogP contribution >= 0.6 is 0 Å². The van der Waals surface area contributed by atoms with Gasteiger partial charge in [-0.2, -0.15) is 5.10 Å². The molecule has 2 heterocycles. The Morgan fingerprint density at radius 3 is 2.65 bits per heavy atom. The molecule has 2 aromatic heterocycles. The minimum Gasteiger partial charge on any atom is -0.305 e. The molecule has 0 saturated heterocycles. The minimum absolute atomic E-state index is 0.0236. The van der Waals surface area contributed by atoms with Crippen LogP contribution in [0.1, 0.15) is 56.5 Å². The molecule has 0 bridgehead atoms. The summed E-state index contributed by atoms with van der Waals surface area (Å²) in [6.07, 6.45) is 7.76. The van der Waals surface area contributed by atoms with E-state index in [0.29, 0.717) is 18.1 Å². The average Bonchev–Trinajstić information content (AvgIpc) is 3.34. The van der Waals surface area contributed by atoms with E-state index in [1.165, 1.54) is 25.7 Å². The fourth-order valence-electron chi connectivity index (χ4n) is 3.96. The van der Waals surface area contributed by atoms with Gasteiger partial charge in [-0.05, 0) is 37.0 Å². The normalized spacial score (nSPS) is 16.3. The third-order valence-electron chi connectivity index (χ3n) is 5.37. The Bertz CT molecular complexity index is 922. The summed E-state index contributed by atoms with van der Waals surface area (Å²) in [5, 5.41) is 8.58. The molecule has 1 aromatic carbocycles. The molecule has 0 amide bonds. The highest BCUT2D eigenvalue weighted by atomic mass is 16.1. The number of hydrogen-bond acceptors (Lipinski definition) is 3. The van der Waals surface area contributed by atoms with Crippen LogP contribution in [0.5, 0.6) is 0 Å². The van der Waals surface area contributed by atoms with E-state index in [1.807, 2.05) is 41.1 Å². The summed E-state index contributed by atoms with van der Waals surface area (Å²) in [6.45, 7) is 2.71. The van der Waals surface area contributed by atoms with Crippen LogP contribution in [0.2, 0.25) is 0 Å².